The summed E-state index contributed by atoms with van der Waals surface area (Å²) in [6, 6.07) is 2.90. The quantitative estimate of drug-likeness (QED) is 0.677. The zero-order valence-electron chi connectivity index (χ0n) is 10.6. The lowest BCUT2D eigenvalue weighted by Gasteiger charge is -2.20. The first-order valence-electron chi connectivity index (χ1n) is 5.32. The maximum atomic E-state index is 11.7. The first-order chi connectivity index (χ1) is 8.60. The van der Waals surface area contributed by atoms with Gasteiger partial charge < -0.3 is 9.84 Å². The van der Waals surface area contributed by atoms with E-state index in [1.54, 1.807) is 20.8 Å². The van der Waals surface area contributed by atoms with Crippen LogP contribution in [0.1, 0.15) is 31.1 Å². The molecule has 0 saturated carbocycles. The molecule has 1 amide bonds. The summed E-state index contributed by atoms with van der Waals surface area (Å²) < 4.78 is 6.23. The molecule has 0 aliphatic heterocycles. The van der Waals surface area contributed by atoms with Gasteiger partial charge in [-0.2, -0.15) is 0 Å². The van der Waals surface area contributed by atoms with Crippen molar-refractivity contribution in [1.29, 1.82) is 0 Å². The molecule has 104 valence electrons. The summed E-state index contributed by atoms with van der Waals surface area (Å²) in [5.74, 6) is -1.03. The topological polar surface area (TPSA) is 75.6 Å². The number of carbonyl (C=O) groups is 2. The Labute approximate surface area is 133 Å². The van der Waals surface area contributed by atoms with E-state index in [1.807, 2.05) is 22.6 Å². The molecule has 5 nitrogen and oxygen atoms in total. The number of aromatic carboxylic acids is 1. The highest BCUT2D eigenvalue weighted by Gasteiger charge is 2.19. The Bertz CT molecular complexity index is 502. The fourth-order valence-corrected chi connectivity index (χ4v) is 2.91. The van der Waals surface area contributed by atoms with E-state index in [0.717, 1.165) is 0 Å². The van der Waals surface area contributed by atoms with Gasteiger partial charge in [-0.1, -0.05) is 0 Å². The molecule has 1 aromatic carbocycles. The molecule has 0 heterocycles. The van der Waals surface area contributed by atoms with Crippen LogP contribution in [0.25, 0.3) is 0 Å². The van der Waals surface area contributed by atoms with Crippen LogP contribution in [0.2, 0.25) is 0 Å². The summed E-state index contributed by atoms with van der Waals surface area (Å²) >= 11 is 5.19. The van der Waals surface area contributed by atoms with E-state index in [4.69, 9.17) is 9.84 Å². The smallest absolute Gasteiger partial charge is 0.412 e. The normalized spacial score (nSPS) is 11.0. The maximum Gasteiger partial charge on any atom is 0.412 e. The molecule has 0 atom stereocenters. The second kappa shape index (κ2) is 6.08. The van der Waals surface area contributed by atoms with Crippen molar-refractivity contribution in [3.63, 3.8) is 0 Å². The summed E-state index contributed by atoms with van der Waals surface area (Å²) in [5.41, 5.74) is 0.0362. The number of hydrogen-bond donors (Lipinski definition) is 2. The minimum Gasteiger partial charge on any atom is -0.478 e. The van der Waals surface area contributed by atoms with Crippen LogP contribution >= 0.6 is 38.5 Å². The molecular weight excluding hydrogens is 429 g/mol. The van der Waals surface area contributed by atoms with E-state index in [-0.39, 0.29) is 5.56 Å². The fourth-order valence-electron chi connectivity index (χ4n) is 1.22. The number of anilines is 1. The summed E-state index contributed by atoms with van der Waals surface area (Å²) in [7, 11) is 0. The van der Waals surface area contributed by atoms with Gasteiger partial charge in [0.25, 0.3) is 0 Å². The summed E-state index contributed by atoms with van der Waals surface area (Å²) in [6.07, 6.45) is -0.589. The van der Waals surface area contributed by atoms with Gasteiger partial charge >= 0.3 is 12.1 Å². The average molecular weight is 442 g/mol. The summed E-state index contributed by atoms with van der Waals surface area (Å²) in [6.45, 7) is 5.29. The Hall–Kier alpha value is -0.830. The van der Waals surface area contributed by atoms with Crippen LogP contribution in [0.5, 0.6) is 0 Å². The number of carboxylic acid groups (broad SMARTS) is 1. The van der Waals surface area contributed by atoms with Crippen molar-refractivity contribution in [2.75, 3.05) is 5.32 Å². The van der Waals surface area contributed by atoms with E-state index in [0.29, 0.717) is 13.7 Å². The Morgan fingerprint density at radius 2 is 1.95 bits per heavy atom. The molecule has 0 unspecified atom stereocenters. The molecular formula is C12H13BrINO4. The molecule has 0 aromatic heterocycles. The largest absolute Gasteiger partial charge is 0.478 e. The van der Waals surface area contributed by atoms with E-state index in [9.17, 15) is 9.59 Å². The molecule has 0 aliphatic carbocycles. The van der Waals surface area contributed by atoms with Crippen molar-refractivity contribution in [1.82, 2.24) is 0 Å². The third-order valence-electron chi connectivity index (χ3n) is 1.92. The third kappa shape index (κ3) is 4.98. The molecule has 0 saturated heterocycles. The van der Waals surface area contributed by atoms with E-state index in [2.05, 4.69) is 21.2 Å². The molecule has 1 aromatic rings. The number of carboxylic acids is 1. The monoisotopic (exact) mass is 441 g/mol. The van der Waals surface area contributed by atoms with Crippen molar-refractivity contribution in [3.05, 3.63) is 25.7 Å². The molecule has 19 heavy (non-hydrogen) atoms. The van der Waals surface area contributed by atoms with Gasteiger partial charge in [0.2, 0.25) is 0 Å². The van der Waals surface area contributed by atoms with E-state index in [1.165, 1.54) is 12.1 Å². The molecule has 0 fully saturated rings. The van der Waals surface area contributed by atoms with Gasteiger partial charge in [0.1, 0.15) is 5.60 Å². The number of hydrogen-bond acceptors (Lipinski definition) is 3. The van der Waals surface area contributed by atoms with Gasteiger partial charge in [-0.05, 0) is 71.4 Å². The maximum absolute atomic E-state index is 11.7. The van der Waals surface area contributed by atoms with Crippen LogP contribution in [-0.4, -0.2) is 22.8 Å². The molecule has 0 bridgehead atoms. The van der Waals surface area contributed by atoms with Gasteiger partial charge in [-0.15, -0.1) is 0 Å². The third-order valence-corrected chi connectivity index (χ3v) is 3.39. The van der Waals surface area contributed by atoms with Crippen molar-refractivity contribution < 1.29 is 19.4 Å². The number of rotatable bonds is 2. The number of benzene rings is 1. The summed E-state index contributed by atoms with van der Waals surface area (Å²) in [4.78, 5) is 22.6. The number of amides is 1. The predicted octanol–water partition coefficient (Wildman–Crippen LogP) is 4.10. The van der Waals surface area contributed by atoms with Crippen LogP contribution in [0.4, 0.5) is 10.5 Å². The van der Waals surface area contributed by atoms with E-state index < -0.39 is 17.7 Å². The van der Waals surface area contributed by atoms with Crippen LogP contribution in [0, 0.1) is 3.57 Å². The van der Waals surface area contributed by atoms with Gasteiger partial charge in [0, 0.05) is 8.04 Å². The van der Waals surface area contributed by atoms with E-state index >= 15 is 0 Å². The van der Waals surface area contributed by atoms with Gasteiger partial charge in [0.15, 0.2) is 0 Å². The Kier molecular flexibility index (Phi) is 5.19. The highest BCUT2D eigenvalue weighted by atomic mass is 127. The van der Waals surface area contributed by atoms with Gasteiger partial charge in [-0.25, -0.2) is 9.59 Å². The van der Waals surface area contributed by atoms with Crippen LogP contribution in [0.15, 0.2) is 16.6 Å². The number of halogens is 2. The molecule has 1 rings (SSSR count). The number of ether oxygens (including phenoxy) is 1. The molecule has 0 aliphatic rings. The first-order valence-corrected chi connectivity index (χ1v) is 7.19. The highest BCUT2D eigenvalue weighted by molar-refractivity contribution is 14.1. The summed E-state index contributed by atoms with van der Waals surface area (Å²) in [5, 5.41) is 11.5. The lowest BCUT2D eigenvalue weighted by Crippen LogP contribution is -2.27. The zero-order chi connectivity index (χ0) is 14.8. The van der Waals surface area contributed by atoms with Crippen LogP contribution in [0.3, 0.4) is 0 Å². The highest BCUT2D eigenvalue weighted by Crippen LogP contribution is 2.30. The Morgan fingerprint density at radius 1 is 1.37 bits per heavy atom. The lowest BCUT2D eigenvalue weighted by molar-refractivity contribution is 0.0634. The molecule has 7 heteroatoms. The standard InChI is InChI=1S/C12H13BrINO4/c1-12(2,3)19-11(18)15-9-7(13)4-6(10(16)17)5-8(9)14/h4-5H,1-3H3,(H,15,18)(H,16,17). The fraction of sp³-hybridized carbons (Fsp3) is 0.333. The SMILES string of the molecule is CC(C)(C)OC(=O)Nc1c(Br)cc(C(=O)O)cc1I. The minimum absolute atomic E-state index is 0.144. The first kappa shape index (κ1) is 16.2. The van der Waals surface area contributed by atoms with Crippen LogP contribution in [-0.2, 0) is 4.74 Å². The van der Waals surface area contributed by atoms with Gasteiger partial charge in [0.05, 0.1) is 11.3 Å². The Balaban J connectivity index is 2.97. The minimum atomic E-state index is -1.03. The average Bonchev–Trinajstić information content (AvgIpc) is 2.20. The number of carbonyl (C=O) groups excluding carboxylic acids is 1. The lowest BCUT2D eigenvalue weighted by atomic mass is 10.2. The van der Waals surface area contributed by atoms with Crippen LogP contribution < -0.4 is 5.32 Å². The van der Waals surface area contributed by atoms with Crippen molar-refractivity contribution >= 4 is 56.3 Å². The Morgan fingerprint density at radius 3 is 2.37 bits per heavy atom. The zero-order valence-corrected chi connectivity index (χ0v) is 14.3. The van der Waals surface area contributed by atoms with Crippen molar-refractivity contribution in [2.45, 2.75) is 26.4 Å². The number of nitrogens with one attached hydrogen (secondary N) is 1. The molecule has 0 spiro atoms. The second-order valence-electron chi connectivity index (χ2n) is 4.75. The molecule has 2 N–H and O–H groups in total. The van der Waals surface area contributed by atoms with Crippen molar-refractivity contribution in [3.8, 4) is 0 Å². The predicted molar refractivity (Wildman–Crippen MR) is 83.7 cm³/mol. The van der Waals surface area contributed by atoms with Crippen molar-refractivity contribution in [2.24, 2.45) is 0 Å². The second-order valence-corrected chi connectivity index (χ2v) is 6.76. The molecule has 0 radical (unpaired) electrons. The van der Waals surface area contributed by atoms with Gasteiger partial charge in [-0.3, -0.25) is 5.32 Å².